The lowest BCUT2D eigenvalue weighted by atomic mass is 9.95. The molecular weight excluding hydrogens is 440 g/mol. The van der Waals surface area contributed by atoms with E-state index in [1.807, 2.05) is 0 Å². The largest absolute Gasteiger partial charge is 0.507 e. The van der Waals surface area contributed by atoms with Gasteiger partial charge in [-0.3, -0.25) is 14.4 Å². The monoisotopic (exact) mass is 468 g/mol. The molecule has 0 spiro atoms. The average Bonchev–Trinajstić information content (AvgIpc) is 3.23. The second-order valence-electron chi connectivity index (χ2n) is 9.35. The van der Waals surface area contributed by atoms with Gasteiger partial charge >= 0.3 is 0 Å². The Balaban J connectivity index is 1.68. The summed E-state index contributed by atoms with van der Waals surface area (Å²) in [7, 11) is 0. The van der Waals surface area contributed by atoms with Gasteiger partial charge in [0, 0.05) is 50.4 Å². The number of benzene rings is 4. The number of aliphatic hydroxyl groups is 1. The molecule has 0 fully saturated rings. The van der Waals surface area contributed by atoms with E-state index >= 15 is 0 Å². The molecule has 0 radical (unpaired) electrons. The van der Waals surface area contributed by atoms with Gasteiger partial charge in [0.15, 0.2) is 16.3 Å². The first-order valence-electron chi connectivity index (χ1n) is 12.4. The van der Waals surface area contributed by atoms with Gasteiger partial charge in [0.25, 0.3) is 0 Å². The summed E-state index contributed by atoms with van der Waals surface area (Å²) in [5.74, 6) is -0.0340. The third-order valence-electron chi connectivity index (χ3n) is 7.20. The summed E-state index contributed by atoms with van der Waals surface area (Å²) in [6.07, 6.45) is 7.26. The van der Waals surface area contributed by atoms with Crippen LogP contribution in [0.15, 0.2) is 62.9 Å². The van der Waals surface area contributed by atoms with E-state index in [9.17, 15) is 19.5 Å². The van der Waals surface area contributed by atoms with Crippen molar-refractivity contribution in [2.45, 2.75) is 51.4 Å². The lowest BCUT2D eigenvalue weighted by molar-refractivity contribution is 0.282. The first kappa shape index (κ1) is 23.2. The highest BCUT2D eigenvalue weighted by molar-refractivity contribution is 6.09. The van der Waals surface area contributed by atoms with Gasteiger partial charge < -0.3 is 10.2 Å². The maximum Gasteiger partial charge on any atom is 0.195 e. The summed E-state index contributed by atoms with van der Waals surface area (Å²) in [5.41, 5.74) is 0.668. The number of hydrogen-bond acceptors (Lipinski definition) is 5. The van der Waals surface area contributed by atoms with Gasteiger partial charge in [-0.1, -0.05) is 80.6 Å². The molecule has 3 aliphatic rings. The number of aliphatic hydroxyl groups excluding tert-OH is 1. The normalized spacial score (nSPS) is 11.9. The lowest BCUT2D eigenvalue weighted by Crippen LogP contribution is -2.18. The summed E-state index contributed by atoms with van der Waals surface area (Å²) >= 11 is 0. The van der Waals surface area contributed by atoms with Crippen LogP contribution < -0.4 is 16.3 Å². The second-order valence-corrected chi connectivity index (χ2v) is 9.35. The van der Waals surface area contributed by atoms with Gasteiger partial charge in [0.2, 0.25) is 0 Å². The van der Waals surface area contributed by atoms with Gasteiger partial charge in [0.05, 0.1) is 0 Å². The first-order valence-corrected chi connectivity index (χ1v) is 12.4. The van der Waals surface area contributed by atoms with Crippen LogP contribution in [0.25, 0.3) is 43.8 Å². The molecule has 0 saturated carbocycles. The zero-order chi connectivity index (χ0) is 24.5. The van der Waals surface area contributed by atoms with Crippen LogP contribution >= 0.6 is 0 Å². The van der Waals surface area contributed by atoms with Crippen molar-refractivity contribution in [2.24, 2.45) is 0 Å². The van der Waals surface area contributed by atoms with E-state index < -0.39 is 0 Å². The number of aromatic hydroxyl groups is 1. The Morgan fingerprint density at radius 2 is 0.943 bits per heavy atom. The van der Waals surface area contributed by atoms with Crippen molar-refractivity contribution < 1.29 is 10.2 Å². The van der Waals surface area contributed by atoms with E-state index in [0.717, 1.165) is 44.9 Å². The number of phenols is 1. The molecule has 35 heavy (non-hydrogen) atoms. The topological polar surface area (TPSA) is 91.7 Å². The highest BCUT2D eigenvalue weighted by Crippen LogP contribution is 2.47. The van der Waals surface area contributed by atoms with E-state index in [1.165, 1.54) is 0 Å². The smallest absolute Gasteiger partial charge is 0.195 e. The molecule has 0 saturated heterocycles. The van der Waals surface area contributed by atoms with Crippen LogP contribution in [0.5, 0.6) is 5.75 Å². The Bertz CT molecular complexity index is 1610. The van der Waals surface area contributed by atoms with Crippen molar-refractivity contribution in [1.29, 1.82) is 0 Å². The summed E-state index contributed by atoms with van der Waals surface area (Å²) in [5, 5.41) is 21.6. The van der Waals surface area contributed by atoms with E-state index in [0.29, 0.717) is 39.1 Å². The van der Waals surface area contributed by atoms with Crippen molar-refractivity contribution in [1.82, 2.24) is 0 Å². The Hall–Kier alpha value is -3.57. The molecule has 0 unspecified atom stereocenters. The third-order valence-corrected chi connectivity index (χ3v) is 7.20. The minimum absolute atomic E-state index is 0.0340. The number of rotatable bonds is 9. The van der Waals surface area contributed by atoms with Crippen LogP contribution in [0, 0.1) is 0 Å². The summed E-state index contributed by atoms with van der Waals surface area (Å²) in [6.45, 7) is 0.227. The molecule has 178 valence electrons. The molecule has 0 amide bonds. The summed E-state index contributed by atoms with van der Waals surface area (Å²) in [4.78, 5) is 40.8. The number of phenolic OH excluding ortho intramolecular Hbond substituents is 1. The third kappa shape index (κ3) is 3.80. The Morgan fingerprint density at radius 1 is 0.514 bits per heavy atom. The zero-order valence-corrected chi connectivity index (χ0v) is 19.6. The average molecular weight is 469 g/mol. The van der Waals surface area contributed by atoms with Crippen molar-refractivity contribution >= 4 is 21.5 Å². The van der Waals surface area contributed by atoms with E-state index in [-0.39, 0.29) is 45.3 Å². The molecule has 2 N–H and O–H groups in total. The number of unbranched alkanes of at least 4 members (excludes halogenated alkanes) is 6. The molecule has 0 heterocycles. The fraction of sp³-hybridized carbons (Fsp3) is 0.300. The van der Waals surface area contributed by atoms with Crippen LogP contribution in [0.4, 0.5) is 0 Å². The predicted octanol–water partition coefficient (Wildman–Crippen LogP) is 5.13. The van der Waals surface area contributed by atoms with E-state index in [4.69, 9.17) is 5.11 Å². The Morgan fingerprint density at radius 3 is 1.51 bits per heavy atom. The van der Waals surface area contributed by atoms with Crippen LogP contribution in [0.2, 0.25) is 0 Å². The van der Waals surface area contributed by atoms with Gasteiger partial charge in [0.1, 0.15) is 5.75 Å². The van der Waals surface area contributed by atoms with Crippen LogP contribution in [-0.2, 0) is 6.42 Å². The number of fused-ring (bicyclic) bond motifs is 5. The summed E-state index contributed by atoms with van der Waals surface area (Å²) < 4.78 is 0. The van der Waals surface area contributed by atoms with Crippen LogP contribution in [0.1, 0.15) is 50.5 Å². The SMILES string of the molecule is O=c1c2c3c(=O)c4ccccc4c(=O)c-3c(CCCCCCCCCO)c-2c(O)c2ccccc12. The molecule has 0 aromatic heterocycles. The van der Waals surface area contributed by atoms with E-state index in [1.54, 1.807) is 48.5 Å². The maximum atomic E-state index is 13.6. The summed E-state index contributed by atoms with van der Waals surface area (Å²) in [6, 6.07) is 13.6. The highest BCUT2D eigenvalue weighted by Gasteiger charge is 2.34. The zero-order valence-electron chi connectivity index (χ0n) is 19.6. The van der Waals surface area contributed by atoms with Crippen molar-refractivity contribution in [3.8, 4) is 28.0 Å². The van der Waals surface area contributed by atoms with Crippen molar-refractivity contribution in [2.75, 3.05) is 6.61 Å². The van der Waals surface area contributed by atoms with Crippen molar-refractivity contribution in [3.63, 3.8) is 0 Å². The molecule has 5 heteroatoms. The standard InChI is InChI=1S/C30H28O5/c31-17-11-5-3-1-2-4-6-16-22-23-25(29(34)20-14-9-7-12-18(20)27(23)32)26-24(22)28(33)19-13-8-10-15-21(19)30(26)35/h7-10,12-15,31-32H,1-6,11,16-17H2. The predicted molar refractivity (Wildman–Crippen MR) is 141 cm³/mol. The van der Waals surface area contributed by atoms with E-state index in [2.05, 4.69) is 0 Å². The quantitative estimate of drug-likeness (QED) is 0.293. The minimum atomic E-state index is -0.331. The molecular formula is C30H28O5. The Labute approximate surface area is 202 Å². The molecule has 0 atom stereocenters. The molecule has 0 aliphatic heterocycles. The molecule has 3 aliphatic carbocycles. The van der Waals surface area contributed by atoms with Crippen LogP contribution in [-0.4, -0.2) is 16.8 Å². The lowest BCUT2D eigenvalue weighted by Gasteiger charge is -2.10. The van der Waals surface area contributed by atoms with Gasteiger partial charge in [-0.25, -0.2) is 0 Å². The minimum Gasteiger partial charge on any atom is -0.507 e. The molecule has 2 aromatic carbocycles. The fourth-order valence-electron chi connectivity index (χ4n) is 5.50. The van der Waals surface area contributed by atoms with Gasteiger partial charge in [-0.05, 0) is 24.8 Å². The van der Waals surface area contributed by atoms with Gasteiger partial charge in [-0.2, -0.15) is 0 Å². The highest BCUT2D eigenvalue weighted by atomic mass is 16.3. The fourth-order valence-corrected chi connectivity index (χ4v) is 5.50. The van der Waals surface area contributed by atoms with Crippen LogP contribution in [0.3, 0.4) is 0 Å². The van der Waals surface area contributed by atoms with Crippen molar-refractivity contribution in [3.05, 3.63) is 84.8 Å². The Kier molecular flexibility index (Phi) is 6.35. The molecule has 5 nitrogen and oxygen atoms in total. The first-order chi connectivity index (χ1) is 17.1. The molecule has 2 aromatic rings. The second kappa shape index (κ2) is 9.59. The molecule has 0 bridgehead atoms. The molecule has 5 rings (SSSR count). The number of hydrogen-bond donors (Lipinski definition) is 2. The van der Waals surface area contributed by atoms with Gasteiger partial charge in [-0.15, -0.1) is 0 Å². The maximum absolute atomic E-state index is 13.6.